The Morgan fingerprint density at radius 3 is 1.89 bits per heavy atom. The Kier molecular flexibility index (Phi) is 5.95. The summed E-state index contributed by atoms with van der Waals surface area (Å²) in [5, 5.41) is 4.28. The van der Waals surface area contributed by atoms with Gasteiger partial charge in [-0.3, -0.25) is 9.13 Å². The van der Waals surface area contributed by atoms with Gasteiger partial charge in [0.1, 0.15) is 11.2 Å². The smallest absolute Gasteiger partial charge is 0.328 e. The van der Waals surface area contributed by atoms with Gasteiger partial charge >= 0.3 is 5.69 Å². The van der Waals surface area contributed by atoms with Crippen molar-refractivity contribution in [2.75, 3.05) is 0 Å². The van der Waals surface area contributed by atoms with Crippen molar-refractivity contribution in [2.24, 2.45) is 14.1 Å². The number of aryl methyl sites for hydroxylation is 2. The van der Waals surface area contributed by atoms with E-state index in [9.17, 15) is 4.79 Å². The predicted molar refractivity (Wildman–Crippen MR) is 188 cm³/mol. The van der Waals surface area contributed by atoms with Gasteiger partial charge in [0.2, 0.25) is 0 Å². The SMILES string of the molecule is Cn1c(=O)n(C)c2cc(-c3ccc(-c4nc(-c5ccccc5)nc(-c5cccc6oc7cc8ccccc8cc7c56)n4)cc3)ccc21. The Morgan fingerprint density at radius 2 is 1.13 bits per heavy atom. The molecule has 47 heavy (non-hydrogen) atoms. The molecule has 224 valence electrons. The van der Waals surface area contributed by atoms with E-state index in [0.29, 0.717) is 17.5 Å². The zero-order chi connectivity index (χ0) is 31.6. The molecule has 0 unspecified atom stereocenters. The number of hydrogen-bond acceptors (Lipinski definition) is 5. The normalized spacial score (nSPS) is 11.7. The second-order valence-electron chi connectivity index (χ2n) is 11.8. The van der Waals surface area contributed by atoms with Gasteiger partial charge in [-0.15, -0.1) is 0 Å². The summed E-state index contributed by atoms with van der Waals surface area (Å²) in [7, 11) is 3.60. The maximum Gasteiger partial charge on any atom is 0.328 e. The van der Waals surface area contributed by atoms with E-state index >= 15 is 0 Å². The lowest BCUT2D eigenvalue weighted by molar-refractivity contribution is 0.669. The molecule has 0 spiro atoms. The molecule has 0 aliphatic heterocycles. The summed E-state index contributed by atoms with van der Waals surface area (Å²) in [6.45, 7) is 0. The topological polar surface area (TPSA) is 78.7 Å². The molecule has 7 heteroatoms. The maximum atomic E-state index is 12.5. The quantitative estimate of drug-likeness (QED) is 0.199. The Hall–Kier alpha value is -6.34. The van der Waals surface area contributed by atoms with Crippen LogP contribution in [0, 0.1) is 0 Å². The third-order valence-electron chi connectivity index (χ3n) is 9.02. The number of nitrogens with zero attached hydrogens (tertiary/aromatic N) is 5. The number of benzene rings is 6. The minimum absolute atomic E-state index is 0.0418. The van der Waals surface area contributed by atoms with E-state index in [1.807, 2.05) is 72.8 Å². The van der Waals surface area contributed by atoms with Gasteiger partial charge in [-0.05, 0) is 52.2 Å². The van der Waals surface area contributed by atoms with Gasteiger partial charge < -0.3 is 4.42 Å². The van der Waals surface area contributed by atoms with Crippen LogP contribution in [0.15, 0.2) is 137 Å². The molecule has 0 saturated carbocycles. The molecule has 7 nitrogen and oxygen atoms in total. The number of aromatic nitrogens is 5. The highest BCUT2D eigenvalue weighted by Crippen LogP contribution is 2.38. The minimum Gasteiger partial charge on any atom is -0.456 e. The van der Waals surface area contributed by atoms with E-state index in [4.69, 9.17) is 19.4 Å². The summed E-state index contributed by atoms with van der Waals surface area (Å²) in [5.41, 5.74) is 8.09. The fourth-order valence-corrected chi connectivity index (χ4v) is 6.54. The van der Waals surface area contributed by atoms with Gasteiger partial charge in [0.15, 0.2) is 17.5 Å². The van der Waals surface area contributed by atoms with E-state index in [1.165, 1.54) is 0 Å². The summed E-state index contributed by atoms with van der Waals surface area (Å²) in [6.07, 6.45) is 0. The van der Waals surface area contributed by atoms with E-state index in [0.717, 1.165) is 71.6 Å². The van der Waals surface area contributed by atoms with Crippen molar-refractivity contribution in [1.29, 1.82) is 0 Å². The van der Waals surface area contributed by atoms with Gasteiger partial charge in [0.25, 0.3) is 0 Å². The van der Waals surface area contributed by atoms with Gasteiger partial charge in [0, 0.05) is 41.6 Å². The highest BCUT2D eigenvalue weighted by Gasteiger charge is 2.18. The number of furan rings is 1. The largest absolute Gasteiger partial charge is 0.456 e. The molecule has 9 aromatic rings. The first-order valence-electron chi connectivity index (χ1n) is 15.4. The number of imidazole rings is 1. The summed E-state index contributed by atoms with van der Waals surface area (Å²) in [6, 6.07) is 42.9. The Labute approximate surface area is 269 Å². The van der Waals surface area contributed by atoms with Crippen LogP contribution >= 0.6 is 0 Å². The average Bonchev–Trinajstić information content (AvgIpc) is 3.60. The first kappa shape index (κ1) is 27.0. The zero-order valence-electron chi connectivity index (χ0n) is 25.7. The van der Waals surface area contributed by atoms with Crippen LogP contribution in [0.4, 0.5) is 0 Å². The molecule has 0 bridgehead atoms. The fraction of sp³-hybridized carbons (Fsp3) is 0.0500. The van der Waals surface area contributed by atoms with E-state index < -0.39 is 0 Å². The molecular weight excluding hydrogens is 582 g/mol. The van der Waals surface area contributed by atoms with Crippen molar-refractivity contribution in [2.45, 2.75) is 0 Å². The van der Waals surface area contributed by atoms with Crippen LogP contribution in [0.3, 0.4) is 0 Å². The first-order valence-corrected chi connectivity index (χ1v) is 15.4. The second-order valence-corrected chi connectivity index (χ2v) is 11.8. The molecule has 0 atom stereocenters. The monoisotopic (exact) mass is 609 g/mol. The Balaban J connectivity index is 1.20. The van der Waals surface area contributed by atoms with Gasteiger partial charge in [-0.2, -0.15) is 0 Å². The molecule has 0 saturated heterocycles. The molecule has 0 N–H and O–H groups in total. The lowest BCUT2D eigenvalue weighted by Crippen LogP contribution is -2.19. The third kappa shape index (κ3) is 4.35. The van der Waals surface area contributed by atoms with E-state index in [-0.39, 0.29) is 5.69 Å². The van der Waals surface area contributed by atoms with E-state index in [1.54, 1.807) is 23.2 Å². The second kappa shape index (κ2) is 10.4. The van der Waals surface area contributed by atoms with Crippen LogP contribution < -0.4 is 5.69 Å². The third-order valence-corrected chi connectivity index (χ3v) is 9.02. The minimum atomic E-state index is -0.0418. The van der Waals surface area contributed by atoms with Crippen molar-refractivity contribution in [1.82, 2.24) is 24.1 Å². The molecule has 0 amide bonds. The molecular formula is C40H27N5O2. The highest BCUT2D eigenvalue weighted by molar-refractivity contribution is 6.15. The van der Waals surface area contributed by atoms with Crippen molar-refractivity contribution in [3.8, 4) is 45.3 Å². The van der Waals surface area contributed by atoms with Crippen molar-refractivity contribution in [3.63, 3.8) is 0 Å². The molecule has 0 aliphatic carbocycles. The number of rotatable bonds is 4. The summed E-state index contributed by atoms with van der Waals surface area (Å²) in [5.74, 6) is 1.76. The van der Waals surface area contributed by atoms with Crippen molar-refractivity contribution in [3.05, 3.63) is 138 Å². The molecule has 0 radical (unpaired) electrons. The van der Waals surface area contributed by atoms with Crippen LogP contribution in [0.5, 0.6) is 0 Å². The lowest BCUT2D eigenvalue weighted by atomic mass is 10.0. The van der Waals surface area contributed by atoms with Crippen molar-refractivity contribution < 1.29 is 4.42 Å². The number of fused-ring (bicyclic) bond motifs is 5. The maximum absolute atomic E-state index is 12.5. The summed E-state index contributed by atoms with van der Waals surface area (Å²) < 4.78 is 9.70. The molecule has 9 rings (SSSR count). The van der Waals surface area contributed by atoms with Crippen LogP contribution in [-0.2, 0) is 14.1 Å². The van der Waals surface area contributed by atoms with Gasteiger partial charge in [0.05, 0.1) is 11.0 Å². The molecule has 0 aliphatic rings. The summed E-state index contributed by atoms with van der Waals surface area (Å²) >= 11 is 0. The molecule has 0 fully saturated rings. The van der Waals surface area contributed by atoms with Crippen LogP contribution in [0.2, 0.25) is 0 Å². The van der Waals surface area contributed by atoms with E-state index in [2.05, 4.69) is 54.6 Å². The summed E-state index contributed by atoms with van der Waals surface area (Å²) in [4.78, 5) is 27.5. The fourth-order valence-electron chi connectivity index (χ4n) is 6.54. The molecule has 3 aromatic heterocycles. The van der Waals surface area contributed by atoms with Crippen LogP contribution in [0.1, 0.15) is 0 Å². The molecule has 3 heterocycles. The Morgan fingerprint density at radius 1 is 0.511 bits per heavy atom. The highest BCUT2D eigenvalue weighted by atomic mass is 16.3. The number of hydrogen-bond donors (Lipinski definition) is 0. The van der Waals surface area contributed by atoms with Crippen LogP contribution in [-0.4, -0.2) is 24.1 Å². The predicted octanol–water partition coefficient (Wildman–Crippen LogP) is 8.78. The molecule has 6 aromatic carbocycles. The lowest BCUT2D eigenvalue weighted by Gasteiger charge is -2.10. The first-order chi connectivity index (χ1) is 23.0. The standard InChI is InChI=1S/C40H27N5O2/c1-44-32-20-19-29(22-33(32)45(2)40(44)46)24-15-17-26(18-16-24)38-41-37(25-9-4-3-5-10-25)42-39(43-38)30-13-8-14-34-36(30)31-21-27-11-6-7-12-28(27)23-35(31)47-34/h3-23H,1-2H3. The average molecular weight is 610 g/mol. The Bertz CT molecular complexity index is 2720. The van der Waals surface area contributed by atoms with Gasteiger partial charge in [-0.25, -0.2) is 19.7 Å². The van der Waals surface area contributed by atoms with Crippen LogP contribution in [0.25, 0.3) is 89.0 Å². The van der Waals surface area contributed by atoms with Gasteiger partial charge in [-0.1, -0.05) is 97.1 Å². The zero-order valence-corrected chi connectivity index (χ0v) is 25.7. The van der Waals surface area contributed by atoms with Crippen molar-refractivity contribution >= 4 is 43.7 Å².